The van der Waals surface area contributed by atoms with E-state index in [1.54, 1.807) is 50.2 Å². The fourth-order valence-corrected chi connectivity index (χ4v) is 4.77. The van der Waals surface area contributed by atoms with Crippen molar-refractivity contribution in [2.45, 2.75) is 29.2 Å². The van der Waals surface area contributed by atoms with Gasteiger partial charge in [-0.2, -0.15) is 0 Å². The van der Waals surface area contributed by atoms with Crippen molar-refractivity contribution >= 4 is 36.8 Å². The molecule has 0 radical (unpaired) electrons. The van der Waals surface area contributed by atoms with E-state index >= 15 is 0 Å². The third-order valence-electron chi connectivity index (χ3n) is 3.39. The molecule has 25 heavy (non-hydrogen) atoms. The highest BCUT2D eigenvalue weighted by atomic mass is 79.9. The molecular weight excluding hydrogens is 404 g/mol. The number of fused-ring (bicyclic) bond motifs is 1. The topological polar surface area (TPSA) is 83.0 Å². The van der Waals surface area contributed by atoms with E-state index in [4.69, 9.17) is 0 Å². The first kappa shape index (κ1) is 17.7. The number of halogens is 1. The van der Waals surface area contributed by atoms with E-state index in [-0.39, 0.29) is 9.79 Å². The van der Waals surface area contributed by atoms with Gasteiger partial charge in [-0.3, -0.25) is 0 Å². The fraction of sp³-hybridized carbons (Fsp3) is 0.167. The molecule has 2 N–H and O–H groups in total. The summed E-state index contributed by atoms with van der Waals surface area (Å²) in [6, 6.07) is 9.84. The number of pyridine rings is 1. The smallest absolute Gasteiger partial charge is 0.208 e. The van der Waals surface area contributed by atoms with Crippen LogP contribution in [0.1, 0.15) is 19.5 Å². The van der Waals surface area contributed by atoms with Gasteiger partial charge in [-0.1, -0.05) is 24.1 Å². The van der Waals surface area contributed by atoms with Crippen LogP contribution in [0.25, 0.3) is 11.0 Å². The van der Waals surface area contributed by atoms with E-state index in [2.05, 4.69) is 37.7 Å². The zero-order valence-corrected chi connectivity index (χ0v) is 15.9. The molecule has 3 aromatic rings. The number of H-pyrrole nitrogens is 1. The molecule has 0 saturated carbocycles. The summed E-state index contributed by atoms with van der Waals surface area (Å²) < 4.78 is 26.5. The standard InChI is InChI=1S/C18H15BrN2O3S/c1-18(2,22)9-8-12-10-14-16(15(19)11-20-17(14)21-12)25(23,24)13-6-4-3-5-7-13/h3-7,10-11,22H,1-2H3,(H,20,21). The fourth-order valence-electron chi connectivity index (χ4n) is 2.31. The van der Waals surface area contributed by atoms with Crippen molar-refractivity contribution in [1.82, 2.24) is 9.97 Å². The molecule has 0 spiro atoms. The summed E-state index contributed by atoms with van der Waals surface area (Å²) in [6.45, 7) is 3.14. The van der Waals surface area contributed by atoms with Crippen molar-refractivity contribution in [1.29, 1.82) is 0 Å². The van der Waals surface area contributed by atoms with Gasteiger partial charge in [-0.25, -0.2) is 13.4 Å². The number of nitrogens with zero attached hydrogens (tertiary/aromatic N) is 1. The Balaban J connectivity index is 2.23. The second-order valence-electron chi connectivity index (χ2n) is 6.01. The minimum absolute atomic E-state index is 0.135. The maximum Gasteiger partial charge on any atom is 0.208 e. The summed E-state index contributed by atoms with van der Waals surface area (Å²) in [5, 5.41) is 10.2. The van der Waals surface area contributed by atoms with Crippen LogP contribution < -0.4 is 0 Å². The average molecular weight is 419 g/mol. The number of aromatic amines is 1. The molecule has 3 rings (SSSR count). The number of nitrogens with one attached hydrogen (secondary N) is 1. The van der Waals surface area contributed by atoms with Gasteiger partial charge in [0.15, 0.2) is 0 Å². The molecule has 2 heterocycles. The molecule has 0 bridgehead atoms. The predicted octanol–water partition coefficient (Wildman–Crippen LogP) is 3.28. The highest BCUT2D eigenvalue weighted by Crippen LogP contribution is 2.33. The summed E-state index contributed by atoms with van der Waals surface area (Å²) in [4.78, 5) is 7.53. The van der Waals surface area contributed by atoms with Gasteiger partial charge < -0.3 is 10.1 Å². The summed E-state index contributed by atoms with van der Waals surface area (Å²) in [5.41, 5.74) is -0.255. The Morgan fingerprint density at radius 2 is 1.92 bits per heavy atom. The van der Waals surface area contributed by atoms with Gasteiger partial charge >= 0.3 is 0 Å². The molecule has 0 amide bonds. The number of aliphatic hydroxyl groups is 1. The molecule has 2 aromatic heterocycles. The van der Waals surface area contributed by atoms with Gasteiger partial charge in [0.1, 0.15) is 11.2 Å². The normalized spacial score (nSPS) is 12.0. The van der Waals surface area contributed by atoms with E-state index in [1.807, 2.05) is 0 Å². The third kappa shape index (κ3) is 3.61. The minimum Gasteiger partial charge on any atom is -0.378 e. The summed E-state index contributed by atoms with van der Waals surface area (Å²) >= 11 is 3.30. The van der Waals surface area contributed by atoms with Crippen LogP contribution in [0.4, 0.5) is 0 Å². The molecule has 0 aliphatic carbocycles. The molecule has 0 atom stereocenters. The van der Waals surface area contributed by atoms with Crippen LogP contribution in [0.2, 0.25) is 0 Å². The van der Waals surface area contributed by atoms with Crippen LogP contribution in [-0.4, -0.2) is 29.1 Å². The zero-order valence-electron chi connectivity index (χ0n) is 13.5. The second-order valence-corrected chi connectivity index (χ2v) is 8.75. The maximum absolute atomic E-state index is 13.0. The summed E-state index contributed by atoms with van der Waals surface area (Å²) in [7, 11) is -3.73. The van der Waals surface area contributed by atoms with Crippen molar-refractivity contribution in [2.75, 3.05) is 0 Å². The molecule has 0 saturated heterocycles. The molecule has 0 unspecified atom stereocenters. The van der Waals surface area contributed by atoms with Gasteiger partial charge in [-0.15, -0.1) is 0 Å². The monoisotopic (exact) mass is 418 g/mol. The van der Waals surface area contributed by atoms with E-state index < -0.39 is 15.4 Å². The Kier molecular flexibility index (Phi) is 4.45. The number of hydrogen-bond donors (Lipinski definition) is 2. The largest absolute Gasteiger partial charge is 0.378 e. The zero-order chi connectivity index (χ0) is 18.2. The highest BCUT2D eigenvalue weighted by molar-refractivity contribution is 9.10. The van der Waals surface area contributed by atoms with Crippen LogP contribution in [-0.2, 0) is 9.84 Å². The van der Waals surface area contributed by atoms with Crippen LogP contribution >= 0.6 is 15.9 Å². The number of hydrogen-bond acceptors (Lipinski definition) is 4. The van der Waals surface area contributed by atoms with Gasteiger partial charge in [0.05, 0.1) is 20.0 Å². The molecular formula is C18H15BrN2O3S. The SMILES string of the molecule is CC(C)(O)C#Cc1cc2c(S(=O)(=O)c3ccccc3)c(Br)cnc2[nH]1. The molecule has 0 fully saturated rings. The Bertz CT molecular complexity index is 1100. The van der Waals surface area contributed by atoms with Crippen molar-refractivity contribution in [3.8, 4) is 11.8 Å². The lowest BCUT2D eigenvalue weighted by molar-refractivity contribution is 0.143. The Labute approximate surface area is 154 Å². The van der Waals surface area contributed by atoms with E-state index in [0.29, 0.717) is 21.2 Å². The van der Waals surface area contributed by atoms with Gasteiger partial charge in [0.25, 0.3) is 0 Å². The predicted molar refractivity (Wildman–Crippen MR) is 98.9 cm³/mol. The first-order chi connectivity index (χ1) is 11.7. The maximum atomic E-state index is 13.0. The summed E-state index contributed by atoms with van der Waals surface area (Å²) in [5.74, 6) is 5.50. The van der Waals surface area contributed by atoms with E-state index in [9.17, 15) is 13.5 Å². The van der Waals surface area contributed by atoms with Crippen LogP contribution in [0.15, 0.2) is 56.9 Å². The number of sulfone groups is 1. The van der Waals surface area contributed by atoms with Gasteiger partial charge in [-0.05, 0) is 53.9 Å². The minimum atomic E-state index is -3.73. The lowest BCUT2D eigenvalue weighted by Gasteiger charge is -2.07. The van der Waals surface area contributed by atoms with Crippen molar-refractivity contribution in [3.63, 3.8) is 0 Å². The number of benzene rings is 1. The van der Waals surface area contributed by atoms with Crippen LogP contribution in [0.5, 0.6) is 0 Å². The quantitative estimate of drug-likeness (QED) is 0.625. The Morgan fingerprint density at radius 1 is 1.24 bits per heavy atom. The highest BCUT2D eigenvalue weighted by Gasteiger charge is 2.25. The summed E-state index contributed by atoms with van der Waals surface area (Å²) in [6.07, 6.45) is 1.45. The van der Waals surface area contributed by atoms with E-state index in [1.165, 1.54) is 6.20 Å². The molecule has 5 nitrogen and oxygen atoms in total. The molecule has 128 valence electrons. The number of aromatic nitrogens is 2. The first-order valence-electron chi connectivity index (χ1n) is 7.41. The second kappa shape index (κ2) is 6.30. The Morgan fingerprint density at radius 3 is 2.56 bits per heavy atom. The number of rotatable bonds is 2. The first-order valence-corrected chi connectivity index (χ1v) is 9.69. The van der Waals surface area contributed by atoms with Gasteiger partial charge in [0, 0.05) is 11.6 Å². The third-order valence-corrected chi connectivity index (χ3v) is 6.12. The average Bonchev–Trinajstić information content (AvgIpc) is 2.95. The molecule has 0 aliphatic heterocycles. The van der Waals surface area contributed by atoms with Crippen LogP contribution in [0, 0.1) is 11.8 Å². The molecule has 1 aromatic carbocycles. The van der Waals surface area contributed by atoms with Crippen molar-refractivity contribution < 1.29 is 13.5 Å². The lowest BCUT2D eigenvalue weighted by atomic mass is 10.1. The van der Waals surface area contributed by atoms with Gasteiger partial charge in [0.2, 0.25) is 9.84 Å². The van der Waals surface area contributed by atoms with Crippen LogP contribution in [0.3, 0.4) is 0 Å². The van der Waals surface area contributed by atoms with E-state index in [0.717, 1.165) is 0 Å². The lowest BCUT2D eigenvalue weighted by Crippen LogP contribution is -2.14. The van der Waals surface area contributed by atoms with Crippen molar-refractivity contribution in [3.05, 3.63) is 52.8 Å². The molecule has 0 aliphatic rings. The Hall–Kier alpha value is -2.14. The van der Waals surface area contributed by atoms with Crippen molar-refractivity contribution in [2.24, 2.45) is 0 Å². The molecule has 7 heteroatoms.